The van der Waals surface area contributed by atoms with Gasteiger partial charge in [0.05, 0.1) is 91.5 Å². The fourth-order valence-corrected chi connectivity index (χ4v) is 18.0. The zero-order valence-corrected chi connectivity index (χ0v) is 65.7. The maximum Gasteiger partial charge on any atom is 0.407 e. The lowest BCUT2D eigenvalue weighted by Crippen LogP contribution is -2.43. The molecule has 594 valence electrons. The van der Waals surface area contributed by atoms with E-state index in [0.717, 1.165) is 191 Å². The lowest BCUT2D eigenvalue weighted by molar-refractivity contribution is -0.890. The third-order valence-electron chi connectivity index (χ3n) is 22.1. The lowest BCUT2D eigenvalue weighted by Gasteiger charge is -2.35. The zero-order valence-electron chi connectivity index (χ0n) is 64.9. The third-order valence-corrected chi connectivity index (χ3v) is 23.1. The molecule has 0 aromatic rings. The van der Waals surface area contributed by atoms with Gasteiger partial charge in [0.2, 0.25) is 5.91 Å². The van der Waals surface area contributed by atoms with Crippen LogP contribution in [0, 0.1) is 47.3 Å². The van der Waals surface area contributed by atoms with Crippen molar-refractivity contribution in [1.29, 1.82) is 0 Å². The van der Waals surface area contributed by atoms with E-state index in [4.69, 9.17) is 52.1 Å². The Morgan fingerprint density at radius 3 is 1.46 bits per heavy atom. The van der Waals surface area contributed by atoms with Crippen molar-refractivity contribution in [2.45, 2.75) is 295 Å². The minimum atomic E-state index is -0.768. The van der Waals surface area contributed by atoms with Gasteiger partial charge < -0.3 is 77.9 Å². The van der Waals surface area contributed by atoms with E-state index in [9.17, 15) is 33.6 Å². The molecule has 16 unspecified atom stereocenters. The summed E-state index contributed by atoms with van der Waals surface area (Å²) in [5.74, 6) is 3.92. The number of esters is 3. The first-order valence-electron chi connectivity index (χ1n) is 40.5. The van der Waals surface area contributed by atoms with E-state index in [2.05, 4.69) is 42.3 Å². The summed E-state index contributed by atoms with van der Waals surface area (Å²) < 4.78 is 63.5. The van der Waals surface area contributed by atoms with Gasteiger partial charge in [-0.3, -0.25) is 19.2 Å². The second-order valence-corrected chi connectivity index (χ2v) is 33.5. The molecule has 0 radical (unpaired) electrons. The fourth-order valence-electron chi connectivity index (χ4n) is 17.3. The van der Waals surface area contributed by atoms with Crippen LogP contribution < -0.4 is 21.3 Å². The van der Waals surface area contributed by atoms with Gasteiger partial charge in [-0.2, -0.15) is 11.8 Å². The number of likely N-dealkylation sites (N-methyl/N-ethyl adjacent to an activating group) is 1. The number of rotatable bonds is 47. The molecule has 16 atom stereocenters. The predicted octanol–water partition coefficient (Wildman–Crippen LogP) is 13.4. The van der Waals surface area contributed by atoms with E-state index in [1.54, 1.807) is 14.0 Å². The Hall–Kier alpha value is -4.20. The maximum absolute atomic E-state index is 13.8. The van der Waals surface area contributed by atoms with Gasteiger partial charge in [-0.15, -0.1) is 0 Å². The van der Waals surface area contributed by atoms with Gasteiger partial charge >= 0.3 is 36.2 Å². The first-order valence-corrected chi connectivity index (χ1v) is 41.7. The summed E-state index contributed by atoms with van der Waals surface area (Å²) in [6, 6.07) is 0.403. The van der Waals surface area contributed by atoms with Crippen LogP contribution in [0.1, 0.15) is 247 Å². The molecule has 0 aliphatic heterocycles. The van der Waals surface area contributed by atoms with Crippen LogP contribution in [0.3, 0.4) is 0 Å². The number of hydrogen-bond acceptors (Lipinski definition) is 19. The van der Waals surface area contributed by atoms with E-state index >= 15 is 0 Å². The molecule has 0 aromatic heterocycles. The number of carbonyl (C=O) groups is 7. The van der Waals surface area contributed by atoms with Gasteiger partial charge in [0.1, 0.15) is 25.9 Å². The van der Waals surface area contributed by atoms with Crippen LogP contribution >= 0.6 is 11.8 Å². The van der Waals surface area contributed by atoms with Gasteiger partial charge in [-0.05, 0) is 196 Å². The molecule has 103 heavy (non-hydrogen) atoms. The number of methoxy groups -OCH3 is 1. The van der Waals surface area contributed by atoms with E-state index in [0.29, 0.717) is 120 Å². The van der Waals surface area contributed by atoms with Crippen molar-refractivity contribution in [3.63, 3.8) is 0 Å². The summed E-state index contributed by atoms with van der Waals surface area (Å²) in [4.78, 5) is 90.2. The SMILES string of the molecule is CCC[N+](C)(C)CCOC(=O)CSCCCOCC(COC(=O)NC1CCCC(CC2CCCC(NC(C)=O)C2)C1)OC(=O)CC1CCCC(CC2CCCC(CC(=O)OCCCCOC(=O)NC3CCCC(CC4CCCC(NC(=O)OC(C)COCCOC(C)COC(C)COC)C4)C3)C2)C1. The number of thioether (sulfide) groups is 1. The Labute approximate surface area is 623 Å². The molecule has 24 heteroatoms. The molecule has 0 spiro atoms. The molecule has 0 aromatic carbocycles. The topological polar surface area (TPSA) is 269 Å². The van der Waals surface area contributed by atoms with Crippen LogP contribution in [0.4, 0.5) is 14.4 Å². The second kappa shape index (κ2) is 50.4. The third kappa shape index (κ3) is 39.5. The minimum Gasteiger partial charge on any atom is -0.466 e. The number of hydrogen-bond donors (Lipinski definition) is 4. The highest BCUT2D eigenvalue weighted by Gasteiger charge is 2.35. The molecular formula is C79H140N5O18S+. The number of alkyl carbamates (subject to hydrolysis) is 3. The molecule has 6 saturated carbocycles. The molecule has 23 nitrogen and oxygen atoms in total. The number of nitrogens with zero attached hydrogens (tertiary/aromatic N) is 1. The summed E-state index contributed by atoms with van der Waals surface area (Å²) in [6.45, 7) is 14.7. The highest BCUT2D eigenvalue weighted by Crippen LogP contribution is 2.42. The summed E-state index contributed by atoms with van der Waals surface area (Å²) in [6.07, 6.45) is 29.2. The molecule has 6 aliphatic rings. The monoisotopic (exact) mass is 1480 g/mol. The molecule has 4 N–H and O–H groups in total. The smallest absolute Gasteiger partial charge is 0.407 e. The van der Waals surface area contributed by atoms with Crippen LogP contribution in [0.2, 0.25) is 0 Å². The Bertz CT molecular complexity index is 2420. The number of nitrogens with one attached hydrogen (secondary N) is 4. The second-order valence-electron chi connectivity index (χ2n) is 32.4. The number of carbonyl (C=O) groups excluding carboxylic acids is 7. The Morgan fingerprint density at radius 2 is 0.903 bits per heavy atom. The van der Waals surface area contributed by atoms with Crippen LogP contribution in [0.5, 0.6) is 0 Å². The zero-order chi connectivity index (χ0) is 74.0. The Morgan fingerprint density at radius 1 is 0.427 bits per heavy atom. The maximum atomic E-state index is 13.8. The molecule has 6 aliphatic carbocycles. The number of unbranched alkanes of at least 4 members (excludes halogenated alkanes) is 1. The van der Waals surface area contributed by atoms with Gasteiger partial charge in [0.25, 0.3) is 0 Å². The van der Waals surface area contributed by atoms with Gasteiger partial charge in [0, 0.05) is 57.6 Å². The molecule has 4 amide bonds. The summed E-state index contributed by atoms with van der Waals surface area (Å²) in [7, 11) is 5.94. The molecule has 0 bridgehead atoms. The summed E-state index contributed by atoms with van der Waals surface area (Å²) in [5, 5.41) is 12.5. The van der Waals surface area contributed by atoms with E-state index in [1.165, 1.54) is 18.2 Å². The first-order chi connectivity index (χ1) is 49.7. The summed E-state index contributed by atoms with van der Waals surface area (Å²) >= 11 is 1.51. The van der Waals surface area contributed by atoms with Crippen LogP contribution in [-0.4, -0.2) is 214 Å². The number of amides is 4. The highest BCUT2D eigenvalue weighted by molar-refractivity contribution is 7.99. The number of ether oxygens (including phenoxy) is 11. The lowest BCUT2D eigenvalue weighted by atomic mass is 9.71. The first kappa shape index (κ1) is 87.7. The Balaban J connectivity index is 0.817. The van der Waals surface area contributed by atoms with Crippen molar-refractivity contribution in [3.05, 3.63) is 0 Å². The van der Waals surface area contributed by atoms with Gasteiger partial charge in [-0.1, -0.05) is 84.0 Å². The quantitative estimate of drug-likeness (QED) is 0.0191. The standard InChI is InChI=1S/C79H139N5O18S/c1-9-31-84(6,7)32-36-97-76(88)56-103-39-18-33-93-54-73(55-100-78(90)82-71-29-16-25-64(47-71)43-63-23-14-27-69(45-63)80-60(5)85)102-75(87)50-68-22-13-20-62(42-68)40-61-19-12-21-67(41-61)49-74(86)96-34-10-11-35-98-77(89)81-70-28-15-24-65(46-70)44-66-26-17-30-72(48-66)83-79(91)101-59(4)52-94-37-38-95-58(3)53-99-57(2)51-92-8/h57-59,61-73H,9-56H2,1-8H3,(H3-,80,81,82,83,85,89,90,91)/p+1. The van der Waals surface area contributed by atoms with Crippen molar-refractivity contribution < 1.29 is 90.2 Å². The summed E-state index contributed by atoms with van der Waals surface area (Å²) in [5.41, 5.74) is 0. The fraction of sp³-hybridized carbons (Fsp3) is 0.911. The largest absolute Gasteiger partial charge is 0.466 e. The average molecular weight is 1480 g/mol. The van der Waals surface area contributed by atoms with Gasteiger partial charge in [0.15, 0.2) is 6.10 Å². The van der Waals surface area contributed by atoms with E-state index in [1.807, 2.05) is 20.8 Å². The van der Waals surface area contributed by atoms with Crippen molar-refractivity contribution in [3.8, 4) is 0 Å². The average Bonchev–Trinajstić information content (AvgIpc) is 0.877. The van der Waals surface area contributed by atoms with Gasteiger partial charge in [-0.25, -0.2) is 14.4 Å². The van der Waals surface area contributed by atoms with E-state index in [-0.39, 0.29) is 104 Å². The van der Waals surface area contributed by atoms with Crippen LogP contribution in [-0.2, 0) is 71.3 Å². The van der Waals surface area contributed by atoms with Crippen LogP contribution in [0.15, 0.2) is 0 Å². The normalized spacial score (nSPS) is 26.6. The van der Waals surface area contributed by atoms with Crippen molar-refractivity contribution in [1.82, 2.24) is 21.3 Å². The van der Waals surface area contributed by atoms with E-state index < -0.39 is 30.5 Å². The molecular weight excluding hydrogens is 1340 g/mol. The predicted molar refractivity (Wildman–Crippen MR) is 398 cm³/mol. The molecule has 6 fully saturated rings. The highest BCUT2D eigenvalue weighted by atomic mass is 32.2. The molecule has 6 rings (SSSR count). The molecule has 0 saturated heterocycles. The Kier molecular flexibility index (Phi) is 42.9. The van der Waals surface area contributed by atoms with Crippen LogP contribution in [0.25, 0.3) is 0 Å². The minimum absolute atomic E-state index is 0.00456. The van der Waals surface area contributed by atoms with Crippen molar-refractivity contribution in [2.24, 2.45) is 47.3 Å². The van der Waals surface area contributed by atoms with Crippen molar-refractivity contribution >= 4 is 53.9 Å². The molecule has 0 heterocycles. The van der Waals surface area contributed by atoms with Crippen molar-refractivity contribution in [2.75, 3.05) is 118 Å². The number of quaternary nitrogens is 1.